The monoisotopic (exact) mass is 147 g/mol. The molecule has 0 aliphatic rings. The van der Waals surface area contributed by atoms with Gasteiger partial charge in [-0.3, -0.25) is 0 Å². The molecule has 0 aliphatic carbocycles. The van der Waals surface area contributed by atoms with Crippen molar-refractivity contribution < 1.29 is 4.74 Å². The SMILES string of the molecule is [CH2]c1ccc(OCC=C)cc1. The molecule has 1 radical (unpaired) electrons. The molecule has 0 saturated carbocycles. The molecule has 0 heterocycles. The lowest BCUT2D eigenvalue weighted by atomic mass is 10.2. The third-order valence-electron chi connectivity index (χ3n) is 1.29. The van der Waals surface area contributed by atoms with Gasteiger partial charge in [0.25, 0.3) is 0 Å². The molecule has 0 unspecified atom stereocenters. The zero-order chi connectivity index (χ0) is 8.10. The fraction of sp³-hybridized carbons (Fsp3) is 0.100. The Morgan fingerprint density at radius 1 is 1.27 bits per heavy atom. The predicted molar refractivity (Wildman–Crippen MR) is 46.6 cm³/mol. The van der Waals surface area contributed by atoms with Crippen LogP contribution in [-0.4, -0.2) is 6.61 Å². The van der Waals surface area contributed by atoms with Crippen LogP contribution in [0.3, 0.4) is 0 Å². The molecule has 0 spiro atoms. The average molecular weight is 147 g/mol. The predicted octanol–water partition coefficient (Wildman–Crippen LogP) is 2.43. The Labute approximate surface area is 67.3 Å². The smallest absolute Gasteiger partial charge is 0.119 e. The van der Waals surface area contributed by atoms with Gasteiger partial charge in [0.15, 0.2) is 0 Å². The van der Waals surface area contributed by atoms with E-state index < -0.39 is 0 Å². The van der Waals surface area contributed by atoms with Gasteiger partial charge in [0, 0.05) is 0 Å². The van der Waals surface area contributed by atoms with Gasteiger partial charge in [-0.2, -0.15) is 0 Å². The molecule has 0 N–H and O–H groups in total. The minimum atomic E-state index is 0.552. The lowest BCUT2D eigenvalue weighted by molar-refractivity contribution is 0.363. The summed E-state index contributed by atoms with van der Waals surface area (Å²) in [5.74, 6) is 0.859. The van der Waals surface area contributed by atoms with Crippen LogP contribution in [0.5, 0.6) is 5.75 Å². The lowest BCUT2D eigenvalue weighted by Crippen LogP contribution is -1.91. The van der Waals surface area contributed by atoms with Crippen molar-refractivity contribution in [1.82, 2.24) is 0 Å². The second-order valence-corrected chi connectivity index (χ2v) is 2.24. The number of rotatable bonds is 3. The van der Waals surface area contributed by atoms with Crippen molar-refractivity contribution in [2.45, 2.75) is 0 Å². The lowest BCUT2D eigenvalue weighted by Gasteiger charge is -2.01. The van der Waals surface area contributed by atoms with E-state index in [9.17, 15) is 0 Å². The van der Waals surface area contributed by atoms with Crippen molar-refractivity contribution in [3.8, 4) is 5.75 Å². The number of ether oxygens (including phenoxy) is 1. The van der Waals surface area contributed by atoms with E-state index in [0.29, 0.717) is 6.61 Å². The van der Waals surface area contributed by atoms with E-state index in [1.54, 1.807) is 6.08 Å². The molecule has 0 atom stereocenters. The first-order chi connectivity index (χ1) is 5.33. The standard InChI is InChI=1S/C10H11O/c1-3-8-11-10-6-4-9(2)5-7-10/h3-7H,1-2,8H2. The van der Waals surface area contributed by atoms with E-state index in [-0.39, 0.29) is 0 Å². The highest BCUT2D eigenvalue weighted by atomic mass is 16.5. The molecule has 0 bridgehead atoms. The molecular weight excluding hydrogens is 136 g/mol. The van der Waals surface area contributed by atoms with Crippen LogP contribution >= 0.6 is 0 Å². The van der Waals surface area contributed by atoms with Crippen LogP contribution in [0.15, 0.2) is 36.9 Å². The highest BCUT2D eigenvalue weighted by molar-refractivity contribution is 5.28. The van der Waals surface area contributed by atoms with E-state index in [2.05, 4.69) is 13.5 Å². The van der Waals surface area contributed by atoms with Crippen molar-refractivity contribution in [2.75, 3.05) is 6.61 Å². The molecule has 57 valence electrons. The van der Waals surface area contributed by atoms with Crippen molar-refractivity contribution in [3.05, 3.63) is 49.4 Å². The van der Waals surface area contributed by atoms with Crippen LogP contribution in [-0.2, 0) is 0 Å². The second kappa shape index (κ2) is 3.81. The van der Waals surface area contributed by atoms with Crippen molar-refractivity contribution >= 4 is 0 Å². The zero-order valence-corrected chi connectivity index (χ0v) is 6.42. The molecule has 1 nitrogen and oxygen atoms in total. The first-order valence-corrected chi connectivity index (χ1v) is 3.48. The maximum Gasteiger partial charge on any atom is 0.119 e. The van der Waals surface area contributed by atoms with E-state index in [4.69, 9.17) is 4.74 Å². The third-order valence-corrected chi connectivity index (χ3v) is 1.29. The fourth-order valence-corrected chi connectivity index (χ4v) is 0.741. The van der Waals surface area contributed by atoms with Gasteiger partial charge in [0.2, 0.25) is 0 Å². The van der Waals surface area contributed by atoms with Gasteiger partial charge in [0.1, 0.15) is 12.4 Å². The van der Waals surface area contributed by atoms with Gasteiger partial charge in [-0.05, 0) is 24.6 Å². The first-order valence-electron chi connectivity index (χ1n) is 3.48. The van der Waals surface area contributed by atoms with Crippen LogP contribution < -0.4 is 4.74 Å². The summed E-state index contributed by atoms with van der Waals surface area (Å²) in [5, 5.41) is 0. The summed E-state index contributed by atoms with van der Waals surface area (Å²) < 4.78 is 5.26. The second-order valence-electron chi connectivity index (χ2n) is 2.24. The molecule has 1 aromatic carbocycles. The van der Waals surface area contributed by atoms with E-state index >= 15 is 0 Å². The molecule has 0 aromatic heterocycles. The Morgan fingerprint density at radius 2 is 1.91 bits per heavy atom. The highest BCUT2D eigenvalue weighted by Gasteiger charge is 1.88. The van der Waals surface area contributed by atoms with Crippen LogP contribution in [0.2, 0.25) is 0 Å². The first kappa shape index (κ1) is 7.86. The van der Waals surface area contributed by atoms with Gasteiger partial charge >= 0.3 is 0 Å². The molecule has 11 heavy (non-hydrogen) atoms. The van der Waals surface area contributed by atoms with Gasteiger partial charge in [-0.25, -0.2) is 0 Å². The minimum absolute atomic E-state index is 0.552. The Balaban J connectivity index is 2.58. The van der Waals surface area contributed by atoms with Gasteiger partial charge in [0.05, 0.1) is 0 Å². The summed E-state index contributed by atoms with van der Waals surface area (Å²) in [6, 6.07) is 7.62. The molecule has 1 aromatic rings. The molecule has 0 amide bonds. The number of hydrogen-bond acceptors (Lipinski definition) is 1. The minimum Gasteiger partial charge on any atom is -0.490 e. The Morgan fingerprint density at radius 3 is 2.45 bits per heavy atom. The van der Waals surface area contributed by atoms with Gasteiger partial charge in [-0.15, -0.1) is 0 Å². The highest BCUT2D eigenvalue weighted by Crippen LogP contribution is 2.10. The molecule has 1 rings (SSSR count). The summed E-state index contributed by atoms with van der Waals surface area (Å²) in [6.45, 7) is 7.87. The van der Waals surface area contributed by atoms with Gasteiger partial charge in [-0.1, -0.05) is 24.8 Å². The molecule has 0 fully saturated rings. The maximum absolute atomic E-state index is 5.26. The Hall–Kier alpha value is -1.24. The van der Waals surface area contributed by atoms with Crippen molar-refractivity contribution in [1.29, 1.82) is 0 Å². The topological polar surface area (TPSA) is 9.23 Å². The molecule has 1 heteroatoms. The quantitative estimate of drug-likeness (QED) is 0.596. The summed E-state index contributed by atoms with van der Waals surface area (Å²) in [6.07, 6.45) is 1.72. The fourth-order valence-electron chi connectivity index (χ4n) is 0.741. The average Bonchev–Trinajstić information content (AvgIpc) is 2.04. The molecule has 0 saturated heterocycles. The summed E-state index contributed by atoms with van der Waals surface area (Å²) in [4.78, 5) is 0. The molecule has 0 aliphatic heterocycles. The van der Waals surface area contributed by atoms with Gasteiger partial charge < -0.3 is 4.74 Å². The summed E-state index contributed by atoms with van der Waals surface area (Å²) in [5.41, 5.74) is 0.996. The molecular formula is C10H11O. The van der Waals surface area contributed by atoms with Crippen molar-refractivity contribution in [3.63, 3.8) is 0 Å². The van der Waals surface area contributed by atoms with Crippen molar-refractivity contribution in [2.24, 2.45) is 0 Å². The van der Waals surface area contributed by atoms with E-state index in [1.807, 2.05) is 24.3 Å². The Bertz CT molecular complexity index is 223. The van der Waals surface area contributed by atoms with Crippen LogP contribution in [0, 0.1) is 6.92 Å². The van der Waals surface area contributed by atoms with Crippen LogP contribution in [0.4, 0.5) is 0 Å². The number of benzene rings is 1. The maximum atomic E-state index is 5.26. The van der Waals surface area contributed by atoms with E-state index in [1.165, 1.54) is 0 Å². The summed E-state index contributed by atoms with van der Waals surface area (Å²) >= 11 is 0. The third kappa shape index (κ3) is 2.46. The summed E-state index contributed by atoms with van der Waals surface area (Å²) in [7, 11) is 0. The zero-order valence-electron chi connectivity index (χ0n) is 6.42. The normalized spacial score (nSPS) is 9.18. The number of hydrogen-bond donors (Lipinski definition) is 0. The Kier molecular flexibility index (Phi) is 2.73. The largest absolute Gasteiger partial charge is 0.490 e. The van der Waals surface area contributed by atoms with Crippen LogP contribution in [0.1, 0.15) is 5.56 Å². The van der Waals surface area contributed by atoms with E-state index in [0.717, 1.165) is 11.3 Å². The van der Waals surface area contributed by atoms with Crippen LogP contribution in [0.25, 0.3) is 0 Å².